The third-order valence-electron chi connectivity index (χ3n) is 2.70. The van der Waals surface area contributed by atoms with Crippen LogP contribution in [0.25, 0.3) is 0 Å². The van der Waals surface area contributed by atoms with E-state index in [1.165, 1.54) is 18.6 Å². The Morgan fingerprint density at radius 3 is 2.60 bits per heavy atom. The number of anilines is 1. The first-order chi connectivity index (χ1) is 9.51. The quantitative estimate of drug-likeness (QED) is 0.657. The lowest BCUT2D eigenvalue weighted by molar-refractivity contribution is -0.389. The zero-order valence-electron chi connectivity index (χ0n) is 10.5. The van der Waals surface area contributed by atoms with E-state index < -0.39 is 9.85 Å². The molecule has 0 bridgehead atoms. The fourth-order valence-electron chi connectivity index (χ4n) is 1.78. The molecular formula is C11H11N5O4. The molecule has 1 N–H and O–H groups in total. The van der Waals surface area contributed by atoms with Crippen LogP contribution in [0.5, 0.6) is 0 Å². The lowest BCUT2D eigenvalue weighted by Crippen LogP contribution is -2.01. The van der Waals surface area contributed by atoms with E-state index in [-0.39, 0.29) is 11.5 Å². The fourth-order valence-corrected chi connectivity index (χ4v) is 1.78. The fraction of sp³-hybridized carbons (Fsp3) is 0.182. The molecule has 0 aliphatic rings. The highest BCUT2D eigenvalue weighted by Gasteiger charge is 2.14. The van der Waals surface area contributed by atoms with Gasteiger partial charge in [-0.25, -0.2) is 0 Å². The highest BCUT2D eigenvalue weighted by Crippen LogP contribution is 2.25. The SMILES string of the molecule is CNc1cc(Cn2cnc([N+](=O)[O-])c2)ccc1[N+](=O)[O-]. The minimum atomic E-state index is -0.578. The Balaban J connectivity index is 2.25. The molecule has 0 fully saturated rings. The second-order valence-electron chi connectivity index (χ2n) is 4.02. The number of imidazole rings is 1. The molecule has 9 heteroatoms. The van der Waals surface area contributed by atoms with Crippen LogP contribution in [0.15, 0.2) is 30.7 Å². The number of nitrogens with one attached hydrogen (secondary N) is 1. The monoisotopic (exact) mass is 277 g/mol. The average molecular weight is 277 g/mol. The smallest absolute Gasteiger partial charge is 0.381 e. The van der Waals surface area contributed by atoms with Crippen LogP contribution in [0.1, 0.15) is 5.56 Å². The van der Waals surface area contributed by atoms with Crippen LogP contribution in [0, 0.1) is 20.2 Å². The first kappa shape index (κ1) is 13.5. The van der Waals surface area contributed by atoms with Gasteiger partial charge in [-0.05, 0) is 21.5 Å². The molecule has 0 aliphatic heterocycles. The predicted octanol–water partition coefficient (Wildman–Crippen LogP) is 1.79. The molecule has 20 heavy (non-hydrogen) atoms. The van der Waals surface area contributed by atoms with Crippen LogP contribution >= 0.6 is 0 Å². The van der Waals surface area contributed by atoms with E-state index in [9.17, 15) is 20.2 Å². The van der Waals surface area contributed by atoms with E-state index in [4.69, 9.17) is 0 Å². The molecule has 1 heterocycles. The summed E-state index contributed by atoms with van der Waals surface area (Å²) >= 11 is 0. The number of rotatable bonds is 5. The maximum atomic E-state index is 10.8. The third kappa shape index (κ3) is 2.71. The van der Waals surface area contributed by atoms with Gasteiger partial charge in [0.1, 0.15) is 11.9 Å². The Morgan fingerprint density at radius 1 is 1.30 bits per heavy atom. The standard InChI is InChI=1S/C11H11N5O4/c1-12-9-4-8(2-3-10(9)15(17)18)5-14-6-11(13-7-14)16(19)20/h2-4,6-7,12H,5H2,1H3. The second kappa shape index (κ2) is 5.34. The first-order valence-electron chi connectivity index (χ1n) is 5.62. The van der Waals surface area contributed by atoms with Gasteiger partial charge in [-0.2, -0.15) is 0 Å². The molecule has 2 rings (SSSR count). The van der Waals surface area contributed by atoms with Gasteiger partial charge in [-0.3, -0.25) is 10.1 Å². The molecule has 0 atom stereocenters. The van der Waals surface area contributed by atoms with Crippen molar-refractivity contribution in [2.45, 2.75) is 6.54 Å². The van der Waals surface area contributed by atoms with Crippen LogP contribution in [-0.4, -0.2) is 26.4 Å². The highest BCUT2D eigenvalue weighted by atomic mass is 16.6. The van der Waals surface area contributed by atoms with E-state index in [1.807, 2.05) is 0 Å². The maximum absolute atomic E-state index is 10.8. The summed E-state index contributed by atoms with van der Waals surface area (Å²) in [5.41, 5.74) is 1.14. The zero-order valence-corrected chi connectivity index (χ0v) is 10.5. The summed E-state index contributed by atoms with van der Waals surface area (Å²) in [5, 5.41) is 24.1. The van der Waals surface area contributed by atoms with Crippen LogP contribution in [-0.2, 0) is 6.54 Å². The molecule has 2 aromatic rings. The minimum absolute atomic E-state index is 0.0205. The predicted molar refractivity (Wildman–Crippen MR) is 70.6 cm³/mol. The third-order valence-corrected chi connectivity index (χ3v) is 2.70. The molecule has 104 valence electrons. The van der Waals surface area contributed by atoms with Crippen molar-refractivity contribution >= 4 is 17.2 Å². The first-order valence-corrected chi connectivity index (χ1v) is 5.62. The van der Waals surface area contributed by atoms with E-state index in [0.717, 1.165) is 5.56 Å². The molecule has 9 nitrogen and oxygen atoms in total. The molecule has 0 saturated heterocycles. The number of nitro benzene ring substituents is 1. The maximum Gasteiger partial charge on any atom is 0.381 e. The Bertz CT molecular complexity index is 667. The van der Waals surface area contributed by atoms with Gasteiger partial charge in [0.15, 0.2) is 0 Å². The summed E-state index contributed by atoms with van der Waals surface area (Å²) in [6, 6.07) is 4.63. The second-order valence-corrected chi connectivity index (χ2v) is 4.02. The van der Waals surface area contributed by atoms with Gasteiger partial charge in [0.25, 0.3) is 5.69 Å². The molecule has 0 radical (unpaired) electrons. The van der Waals surface area contributed by atoms with Gasteiger partial charge in [-0.15, -0.1) is 0 Å². The van der Waals surface area contributed by atoms with Crippen LogP contribution in [0.4, 0.5) is 17.2 Å². The molecule has 0 spiro atoms. The molecule has 0 aliphatic carbocycles. The Morgan fingerprint density at radius 2 is 2.05 bits per heavy atom. The summed E-state index contributed by atoms with van der Waals surface area (Å²) in [6.07, 6.45) is 2.65. The van der Waals surface area contributed by atoms with Crippen molar-refractivity contribution < 1.29 is 9.85 Å². The Kier molecular flexibility index (Phi) is 3.60. The molecule has 0 saturated carbocycles. The van der Waals surface area contributed by atoms with Crippen molar-refractivity contribution in [3.63, 3.8) is 0 Å². The van der Waals surface area contributed by atoms with Gasteiger partial charge in [0.2, 0.25) is 6.33 Å². The lowest BCUT2D eigenvalue weighted by atomic mass is 10.1. The van der Waals surface area contributed by atoms with E-state index in [1.54, 1.807) is 23.7 Å². The van der Waals surface area contributed by atoms with Gasteiger partial charge in [0.05, 0.1) is 11.5 Å². The Labute approximate surface area is 113 Å². The summed E-state index contributed by atoms with van der Waals surface area (Å²) in [4.78, 5) is 23.9. The van der Waals surface area contributed by atoms with Crippen LogP contribution < -0.4 is 5.32 Å². The molecule has 1 aromatic heterocycles. The average Bonchev–Trinajstić information content (AvgIpc) is 2.87. The number of aromatic nitrogens is 2. The van der Waals surface area contributed by atoms with Gasteiger partial charge < -0.3 is 20.0 Å². The lowest BCUT2D eigenvalue weighted by Gasteiger charge is -2.06. The van der Waals surface area contributed by atoms with Gasteiger partial charge in [-0.1, -0.05) is 6.07 Å². The Hall–Kier alpha value is -2.97. The number of nitrogens with zero attached hydrogens (tertiary/aromatic N) is 4. The van der Waals surface area contributed by atoms with Crippen molar-refractivity contribution in [3.8, 4) is 0 Å². The van der Waals surface area contributed by atoms with Crippen LogP contribution in [0.2, 0.25) is 0 Å². The number of hydrogen-bond acceptors (Lipinski definition) is 6. The summed E-state index contributed by atoms with van der Waals surface area (Å²) in [7, 11) is 1.59. The molecule has 1 aromatic carbocycles. The largest absolute Gasteiger partial charge is 0.383 e. The minimum Gasteiger partial charge on any atom is -0.383 e. The normalized spacial score (nSPS) is 10.2. The van der Waals surface area contributed by atoms with E-state index in [2.05, 4.69) is 10.3 Å². The van der Waals surface area contributed by atoms with Gasteiger partial charge >= 0.3 is 5.82 Å². The van der Waals surface area contributed by atoms with Crippen LogP contribution in [0.3, 0.4) is 0 Å². The zero-order chi connectivity index (χ0) is 14.7. The van der Waals surface area contributed by atoms with Crippen molar-refractivity contribution in [2.24, 2.45) is 0 Å². The van der Waals surface area contributed by atoms with Crippen molar-refractivity contribution in [1.82, 2.24) is 9.55 Å². The number of nitro groups is 2. The molecule has 0 unspecified atom stereocenters. The van der Waals surface area contributed by atoms with E-state index >= 15 is 0 Å². The molecule has 0 amide bonds. The van der Waals surface area contributed by atoms with Crippen molar-refractivity contribution in [1.29, 1.82) is 0 Å². The molecular weight excluding hydrogens is 266 g/mol. The van der Waals surface area contributed by atoms with Crippen molar-refractivity contribution in [3.05, 3.63) is 56.5 Å². The number of hydrogen-bond donors (Lipinski definition) is 1. The highest BCUT2D eigenvalue weighted by molar-refractivity contribution is 5.62. The number of benzene rings is 1. The summed E-state index contributed by atoms with van der Waals surface area (Å²) in [5.74, 6) is -0.235. The van der Waals surface area contributed by atoms with Gasteiger partial charge in [0, 0.05) is 13.1 Å². The summed E-state index contributed by atoms with van der Waals surface area (Å²) < 4.78 is 1.54. The van der Waals surface area contributed by atoms with E-state index in [0.29, 0.717) is 12.2 Å². The summed E-state index contributed by atoms with van der Waals surface area (Å²) in [6.45, 7) is 0.341. The topological polar surface area (TPSA) is 116 Å². The van der Waals surface area contributed by atoms with Crippen molar-refractivity contribution in [2.75, 3.05) is 12.4 Å².